The highest BCUT2D eigenvalue weighted by Gasteiger charge is 2.30. The van der Waals surface area contributed by atoms with E-state index in [9.17, 15) is 0 Å². The molecule has 1 aromatic carbocycles. The van der Waals surface area contributed by atoms with Crippen LogP contribution in [0.25, 0.3) is 0 Å². The molecule has 1 aliphatic carbocycles. The molecule has 0 aliphatic heterocycles. The summed E-state index contributed by atoms with van der Waals surface area (Å²) >= 11 is 0. The molecule has 0 atom stereocenters. The normalized spacial score (nSPS) is 14.7. The highest BCUT2D eigenvalue weighted by molar-refractivity contribution is 5.42. The number of nitrogen functional groups attached to an aromatic ring is 1. The summed E-state index contributed by atoms with van der Waals surface area (Å²) in [5.74, 6) is 2.75. The van der Waals surface area contributed by atoms with Gasteiger partial charge in [0.2, 0.25) is 0 Å². The summed E-state index contributed by atoms with van der Waals surface area (Å²) in [6.07, 6.45) is 5.74. The van der Waals surface area contributed by atoms with Crippen molar-refractivity contribution in [2.24, 2.45) is 0 Å². The van der Waals surface area contributed by atoms with Gasteiger partial charge in [0.1, 0.15) is 11.6 Å². The van der Waals surface area contributed by atoms with Crippen LogP contribution in [0.3, 0.4) is 0 Å². The van der Waals surface area contributed by atoms with Crippen LogP contribution in [0.5, 0.6) is 0 Å². The maximum Gasteiger partial charge on any atom is 0.127 e. The van der Waals surface area contributed by atoms with Gasteiger partial charge in [-0.25, -0.2) is 4.98 Å². The first kappa shape index (κ1) is 13.2. The van der Waals surface area contributed by atoms with Gasteiger partial charge in [0.05, 0.1) is 5.69 Å². The van der Waals surface area contributed by atoms with Gasteiger partial charge in [-0.1, -0.05) is 43.7 Å². The number of nitrogens with zero attached hydrogens (tertiary/aromatic N) is 2. The minimum absolute atomic E-state index is 0.652. The van der Waals surface area contributed by atoms with Gasteiger partial charge >= 0.3 is 0 Å². The number of anilines is 1. The molecule has 1 aromatic heterocycles. The van der Waals surface area contributed by atoms with E-state index in [4.69, 9.17) is 10.7 Å². The van der Waals surface area contributed by atoms with E-state index in [1.165, 1.54) is 37.1 Å². The molecule has 1 fully saturated rings. The Morgan fingerprint density at radius 1 is 1.25 bits per heavy atom. The van der Waals surface area contributed by atoms with Gasteiger partial charge in [0.15, 0.2) is 0 Å². The largest absolute Gasteiger partial charge is 0.384 e. The molecule has 0 spiro atoms. The maximum atomic E-state index is 6.36. The first-order valence-corrected chi connectivity index (χ1v) is 7.68. The molecule has 0 saturated heterocycles. The molecule has 2 N–H and O–H groups in total. The number of hydrogen-bond acceptors (Lipinski definition) is 2. The Balaban J connectivity index is 1.87. The Labute approximate surface area is 120 Å². The molecule has 20 heavy (non-hydrogen) atoms. The zero-order chi connectivity index (χ0) is 13.9. The van der Waals surface area contributed by atoms with E-state index in [-0.39, 0.29) is 0 Å². The summed E-state index contributed by atoms with van der Waals surface area (Å²) < 4.78 is 2.26. The number of imidazole rings is 1. The molecule has 1 saturated carbocycles. The average molecular weight is 269 g/mol. The van der Waals surface area contributed by atoms with E-state index in [2.05, 4.69) is 35.8 Å². The Kier molecular flexibility index (Phi) is 3.77. The molecule has 0 unspecified atom stereocenters. The van der Waals surface area contributed by atoms with Crippen molar-refractivity contribution in [3.05, 3.63) is 47.4 Å². The van der Waals surface area contributed by atoms with Gasteiger partial charge in [-0.15, -0.1) is 0 Å². The molecular weight excluding hydrogens is 246 g/mol. The predicted octanol–water partition coefficient (Wildman–Crippen LogP) is 3.73. The van der Waals surface area contributed by atoms with Gasteiger partial charge in [-0.2, -0.15) is 0 Å². The molecule has 3 rings (SSSR count). The van der Waals surface area contributed by atoms with Crippen LogP contribution >= 0.6 is 0 Å². The van der Waals surface area contributed by atoms with E-state index in [1.807, 2.05) is 6.07 Å². The fourth-order valence-electron chi connectivity index (χ4n) is 2.66. The number of unbranched alkanes of at least 4 members (excludes halogenated alkanes) is 1. The van der Waals surface area contributed by atoms with E-state index in [0.717, 1.165) is 24.5 Å². The number of hydrogen-bond donors (Lipinski definition) is 1. The van der Waals surface area contributed by atoms with Crippen LogP contribution in [0.2, 0.25) is 0 Å². The summed E-state index contributed by atoms with van der Waals surface area (Å²) in [5, 5.41) is 0. The van der Waals surface area contributed by atoms with Gasteiger partial charge < -0.3 is 10.3 Å². The van der Waals surface area contributed by atoms with Crippen LogP contribution in [0, 0.1) is 0 Å². The molecule has 3 nitrogen and oxygen atoms in total. The summed E-state index contributed by atoms with van der Waals surface area (Å²) in [5.41, 5.74) is 8.69. The number of rotatable bonds is 6. The second-order valence-corrected chi connectivity index (χ2v) is 5.74. The zero-order valence-corrected chi connectivity index (χ0v) is 12.2. The van der Waals surface area contributed by atoms with Crippen molar-refractivity contribution in [2.45, 2.75) is 51.5 Å². The molecule has 0 amide bonds. The molecule has 0 bridgehead atoms. The smallest absolute Gasteiger partial charge is 0.127 e. The second-order valence-electron chi connectivity index (χ2n) is 5.74. The topological polar surface area (TPSA) is 43.8 Å². The molecular formula is C17H23N3. The summed E-state index contributed by atoms with van der Waals surface area (Å²) in [6.45, 7) is 3.23. The first-order chi connectivity index (χ1) is 9.79. The van der Waals surface area contributed by atoms with E-state index < -0.39 is 0 Å². The van der Waals surface area contributed by atoms with E-state index in [1.54, 1.807) is 0 Å². The van der Waals surface area contributed by atoms with Crippen molar-refractivity contribution in [1.29, 1.82) is 0 Å². The van der Waals surface area contributed by atoms with E-state index in [0.29, 0.717) is 5.92 Å². The quantitative estimate of drug-likeness (QED) is 0.868. The Hall–Kier alpha value is -1.77. The van der Waals surface area contributed by atoms with Crippen LogP contribution in [-0.2, 0) is 13.0 Å². The molecule has 0 radical (unpaired) electrons. The molecule has 106 valence electrons. The molecule has 2 aromatic rings. The Bertz CT molecular complexity index is 567. The monoisotopic (exact) mass is 269 g/mol. The maximum absolute atomic E-state index is 6.36. The highest BCUT2D eigenvalue weighted by atomic mass is 15.1. The van der Waals surface area contributed by atoms with Crippen molar-refractivity contribution < 1.29 is 0 Å². The van der Waals surface area contributed by atoms with Crippen molar-refractivity contribution in [3.63, 3.8) is 0 Å². The van der Waals surface area contributed by atoms with Gasteiger partial charge in [0, 0.05) is 18.9 Å². The lowest BCUT2D eigenvalue weighted by atomic mass is 10.1. The van der Waals surface area contributed by atoms with Crippen molar-refractivity contribution >= 4 is 5.82 Å². The number of nitrogens with two attached hydrogens (primary N) is 1. The summed E-state index contributed by atoms with van der Waals surface area (Å²) in [7, 11) is 0. The summed E-state index contributed by atoms with van der Waals surface area (Å²) in [6, 6.07) is 10.5. The Morgan fingerprint density at radius 3 is 2.65 bits per heavy atom. The highest BCUT2D eigenvalue weighted by Crippen LogP contribution is 2.41. The number of benzene rings is 1. The predicted molar refractivity (Wildman–Crippen MR) is 82.8 cm³/mol. The molecule has 1 heterocycles. The first-order valence-electron chi connectivity index (χ1n) is 7.68. The zero-order valence-electron chi connectivity index (χ0n) is 12.2. The van der Waals surface area contributed by atoms with Gasteiger partial charge in [0.25, 0.3) is 0 Å². The third kappa shape index (κ3) is 2.72. The summed E-state index contributed by atoms with van der Waals surface area (Å²) in [4.78, 5) is 4.86. The lowest BCUT2D eigenvalue weighted by molar-refractivity contribution is 0.609. The standard InChI is InChI=1S/C17H23N3/c1-2-3-11-20-16(18)15(19-17(20)14-9-10-14)12-13-7-5-4-6-8-13/h4-8,14H,2-3,9-12,18H2,1H3. The van der Waals surface area contributed by atoms with Gasteiger partial charge in [-0.05, 0) is 24.8 Å². The lowest BCUT2D eigenvalue weighted by Gasteiger charge is -2.08. The van der Waals surface area contributed by atoms with Crippen molar-refractivity contribution in [3.8, 4) is 0 Å². The molecule has 1 aliphatic rings. The van der Waals surface area contributed by atoms with Crippen LogP contribution < -0.4 is 5.73 Å². The van der Waals surface area contributed by atoms with Crippen LogP contribution in [0.15, 0.2) is 30.3 Å². The SMILES string of the molecule is CCCCn1c(C2CC2)nc(Cc2ccccc2)c1N. The second kappa shape index (κ2) is 5.70. The fourth-order valence-corrected chi connectivity index (χ4v) is 2.66. The van der Waals surface area contributed by atoms with Crippen molar-refractivity contribution in [1.82, 2.24) is 9.55 Å². The fraction of sp³-hybridized carbons (Fsp3) is 0.471. The molecule has 3 heteroatoms. The minimum atomic E-state index is 0.652. The lowest BCUT2D eigenvalue weighted by Crippen LogP contribution is -2.07. The third-order valence-electron chi connectivity index (χ3n) is 4.00. The van der Waals surface area contributed by atoms with Crippen LogP contribution in [0.4, 0.5) is 5.82 Å². The Morgan fingerprint density at radius 2 is 2.00 bits per heavy atom. The van der Waals surface area contributed by atoms with E-state index >= 15 is 0 Å². The number of aromatic nitrogens is 2. The van der Waals surface area contributed by atoms with Crippen LogP contribution in [-0.4, -0.2) is 9.55 Å². The van der Waals surface area contributed by atoms with Gasteiger partial charge in [-0.3, -0.25) is 0 Å². The van der Waals surface area contributed by atoms with Crippen molar-refractivity contribution in [2.75, 3.05) is 5.73 Å². The third-order valence-corrected chi connectivity index (χ3v) is 4.00. The average Bonchev–Trinajstić information content (AvgIpc) is 3.26. The van der Waals surface area contributed by atoms with Crippen LogP contribution in [0.1, 0.15) is 55.6 Å². The minimum Gasteiger partial charge on any atom is -0.384 e.